The fourth-order valence-electron chi connectivity index (χ4n) is 3.52. The second-order valence-electron chi connectivity index (χ2n) is 7.66. The molecule has 0 aromatic heterocycles. The van der Waals surface area contributed by atoms with Crippen LogP contribution < -0.4 is 15.0 Å². The highest BCUT2D eigenvalue weighted by Crippen LogP contribution is 2.21. The molecule has 1 atom stereocenters. The van der Waals surface area contributed by atoms with Gasteiger partial charge in [-0.15, -0.1) is 0 Å². The molecule has 1 saturated heterocycles. The summed E-state index contributed by atoms with van der Waals surface area (Å²) in [4.78, 5) is 17.3. The molecule has 1 N–H and O–H groups in total. The highest BCUT2D eigenvalue weighted by molar-refractivity contribution is 5.94. The van der Waals surface area contributed by atoms with Crippen molar-refractivity contribution in [3.05, 3.63) is 54.1 Å². The Hall–Kier alpha value is -2.53. The van der Waals surface area contributed by atoms with Gasteiger partial charge in [-0.05, 0) is 54.8 Å². The average molecular weight is 382 g/mol. The number of carbonyl (C=O) groups is 1. The minimum Gasteiger partial charge on any atom is -0.497 e. The number of carbonyl (C=O) groups excluding carboxylic acids is 1. The molecule has 0 aliphatic carbocycles. The summed E-state index contributed by atoms with van der Waals surface area (Å²) in [5, 5.41) is 3.05. The van der Waals surface area contributed by atoms with Crippen molar-refractivity contribution in [3.8, 4) is 5.75 Å². The second-order valence-corrected chi connectivity index (χ2v) is 7.66. The summed E-state index contributed by atoms with van der Waals surface area (Å²) >= 11 is 0. The number of benzene rings is 2. The van der Waals surface area contributed by atoms with Crippen molar-refractivity contribution in [2.24, 2.45) is 0 Å². The van der Waals surface area contributed by atoms with Crippen LogP contribution in [0, 0.1) is 0 Å². The Labute approximate surface area is 168 Å². The summed E-state index contributed by atoms with van der Waals surface area (Å²) in [5.74, 6) is 1.41. The van der Waals surface area contributed by atoms with Crippen molar-refractivity contribution in [2.75, 3.05) is 43.5 Å². The quantitative estimate of drug-likeness (QED) is 0.822. The molecule has 150 valence electrons. The van der Waals surface area contributed by atoms with Crippen LogP contribution in [0.25, 0.3) is 0 Å². The first-order valence-corrected chi connectivity index (χ1v) is 10.0. The molecule has 2 aromatic carbocycles. The molecule has 0 saturated carbocycles. The molecule has 1 amide bonds. The van der Waals surface area contributed by atoms with Gasteiger partial charge < -0.3 is 15.0 Å². The van der Waals surface area contributed by atoms with Gasteiger partial charge in [0.05, 0.1) is 13.2 Å². The third kappa shape index (κ3) is 4.84. The summed E-state index contributed by atoms with van der Waals surface area (Å²) in [5.41, 5.74) is 3.33. The maximum atomic E-state index is 12.7. The Morgan fingerprint density at radius 3 is 2.07 bits per heavy atom. The largest absolute Gasteiger partial charge is 0.497 e. The molecule has 28 heavy (non-hydrogen) atoms. The van der Waals surface area contributed by atoms with Gasteiger partial charge in [0.15, 0.2) is 0 Å². The number of anilines is 2. The molecule has 0 bridgehead atoms. The van der Waals surface area contributed by atoms with Gasteiger partial charge in [-0.25, -0.2) is 0 Å². The maximum Gasteiger partial charge on any atom is 0.241 e. The number of ether oxygens (including phenoxy) is 1. The van der Waals surface area contributed by atoms with E-state index >= 15 is 0 Å². The monoisotopic (exact) mass is 381 g/mol. The van der Waals surface area contributed by atoms with E-state index in [1.165, 1.54) is 11.3 Å². The van der Waals surface area contributed by atoms with Crippen molar-refractivity contribution in [2.45, 2.75) is 32.7 Å². The van der Waals surface area contributed by atoms with E-state index in [4.69, 9.17) is 4.74 Å². The van der Waals surface area contributed by atoms with Crippen molar-refractivity contribution in [1.82, 2.24) is 4.90 Å². The molecule has 0 unspecified atom stereocenters. The predicted octanol–water partition coefficient (Wildman–Crippen LogP) is 3.97. The predicted molar refractivity (Wildman–Crippen MR) is 115 cm³/mol. The molecule has 3 rings (SSSR count). The van der Waals surface area contributed by atoms with Crippen LogP contribution in [0.2, 0.25) is 0 Å². The average Bonchev–Trinajstić information content (AvgIpc) is 2.73. The first kappa shape index (κ1) is 20.2. The zero-order valence-corrected chi connectivity index (χ0v) is 17.3. The Kier molecular flexibility index (Phi) is 6.57. The van der Waals surface area contributed by atoms with Gasteiger partial charge in [0, 0.05) is 37.6 Å². The Balaban J connectivity index is 1.52. The molecule has 5 nitrogen and oxygen atoms in total. The SMILES string of the molecule is COc1ccc(N2CCN([C@@H](C)C(=O)Nc3ccc(C(C)C)cc3)CC2)cc1. The highest BCUT2D eigenvalue weighted by atomic mass is 16.5. The number of hydrogen-bond acceptors (Lipinski definition) is 4. The maximum absolute atomic E-state index is 12.7. The van der Waals surface area contributed by atoms with Gasteiger partial charge in [-0.2, -0.15) is 0 Å². The molecule has 2 aromatic rings. The lowest BCUT2D eigenvalue weighted by molar-refractivity contribution is -0.120. The van der Waals surface area contributed by atoms with Crippen molar-refractivity contribution in [1.29, 1.82) is 0 Å². The van der Waals surface area contributed by atoms with Crippen LogP contribution in [0.15, 0.2) is 48.5 Å². The minimum atomic E-state index is -0.150. The molecule has 1 heterocycles. The highest BCUT2D eigenvalue weighted by Gasteiger charge is 2.25. The number of nitrogens with zero attached hydrogens (tertiary/aromatic N) is 2. The zero-order valence-electron chi connectivity index (χ0n) is 17.3. The molecule has 1 fully saturated rings. The Morgan fingerprint density at radius 1 is 0.929 bits per heavy atom. The summed E-state index contributed by atoms with van der Waals surface area (Å²) in [6.45, 7) is 9.88. The normalized spacial score (nSPS) is 16.1. The van der Waals surface area contributed by atoms with Crippen LogP contribution in [0.1, 0.15) is 32.3 Å². The van der Waals surface area contributed by atoms with Crippen LogP contribution in [0.4, 0.5) is 11.4 Å². The topological polar surface area (TPSA) is 44.8 Å². The summed E-state index contributed by atoms with van der Waals surface area (Å²) in [6.07, 6.45) is 0. The summed E-state index contributed by atoms with van der Waals surface area (Å²) in [7, 11) is 1.68. The summed E-state index contributed by atoms with van der Waals surface area (Å²) in [6, 6.07) is 16.1. The van der Waals surface area contributed by atoms with Gasteiger partial charge in [0.1, 0.15) is 5.75 Å². The van der Waals surface area contributed by atoms with Crippen LogP contribution in [-0.2, 0) is 4.79 Å². The van der Waals surface area contributed by atoms with Gasteiger partial charge in [-0.1, -0.05) is 26.0 Å². The van der Waals surface area contributed by atoms with E-state index in [1.807, 2.05) is 31.2 Å². The molecular formula is C23H31N3O2. The van der Waals surface area contributed by atoms with E-state index in [1.54, 1.807) is 7.11 Å². The molecular weight excluding hydrogens is 350 g/mol. The Morgan fingerprint density at radius 2 is 1.54 bits per heavy atom. The number of hydrogen-bond donors (Lipinski definition) is 1. The molecule has 1 aliphatic rings. The van der Waals surface area contributed by atoms with Crippen LogP contribution in [0.5, 0.6) is 5.75 Å². The standard InChI is InChI=1S/C23H31N3O2/c1-17(2)19-5-7-20(8-6-19)24-23(27)18(3)25-13-15-26(16-14-25)21-9-11-22(28-4)12-10-21/h5-12,17-18H,13-16H2,1-4H3,(H,24,27)/t18-/m0/s1. The van der Waals surface area contributed by atoms with Crippen molar-refractivity contribution >= 4 is 17.3 Å². The fourth-order valence-corrected chi connectivity index (χ4v) is 3.52. The molecule has 5 heteroatoms. The number of piperazine rings is 1. The number of methoxy groups -OCH3 is 1. The van der Waals surface area contributed by atoms with Gasteiger partial charge in [-0.3, -0.25) is 9.69 Å². The van der Waals surface area contributed by atoms with E-state index in [9.17, 15) is 4.79 Å². The number of rotatable bonds is 6. The lowest BCUT2D eigenvalue weighted by Crippen LogP contribution is -2.52. The lowest BCUT2D eigenvalue weighted by atomic mass is 10.0. The van der Waals surface area contributed by atoms with E-state index in [-0.39, 0.29) is 11.9 Å². The van der Waals surface area contributed by atoms with Gasteiger partial charge in [0.2, 0.25) is 5.91 Å². The van der Waals surface area contributed by atoms with E-state index in [0.29, 0.717) is 5.92 Å². The van der Waals surface area contributed by atoms with Crippen LogP contribution in [0.3, 0.4) is 0 Å². The first-order chi connectivity index (χ1) is 13.5. The van der Waals surface area contributed by atoms with Gasteiger partial charge >= 0.3 is 0 Å². The van der Waals surface area contributed by atoms with E-state index < -0.39 is 0 Å². The fraction of sp³-hybridized carbons (Fsp3) is 0.435. The second kappa shape index (κ2) is 9.11. The van der Waals surface area contributed by atoms with Crippen LogP contribution >= 0.6 is 0 Å². The van der Waals surface area contributed by atoms with Crippen LogP contribution in [-0.4, -0.2) is 50.1 Å². The summed E-state index contributed by atoms with van der Waals surface area (Å²) < 4.78 is 5.23. The smallest absolute Gasteiger partial charge is 0.241 e. The Bertz CT molecular complexity index is 763. The molecule has 0 radical (unpaired) electrons. The first-order valence-electron chi connectivity index (χ1n) is 10.0. The lowest BCUT2D eigenvalue weighted by Gasteiger charge is -2.38. The number of amides is 1. The zero-order chi connectivity index (χ0) is 20.1. The minimum absolute atomic E-state index is 0.0511. The third-order valence-electron chi connectivity index (χ3n) is 5.52. The van der Waals surface area contributed by atoms with Gasteiger partial charge in [0.25, 0.3) is 0 Å². The van der Waals surface area contributed by atoms with Crippen molar-refractivity contribution in [3.63, 3.8) is 0 Å². The third-order valence-corrected chi connectivity index (χ3v) is 5.52. The number of nitrogens with one attached hydrogen (secondary N) is 1. The van der Waals surface area contributed by atoms with E-state index in [2.05, 4.69) is 53.2 Å². The van der Waals surface area contributed by atoms with Crippen molar-refractivity contribution < 1.29 is 9.53 Å². The van der Waals surface area contributed by atoms with E-state index in [0.717, 1.165) is 37.6 Å². The molecule has 0 spiro atoms. The molecule has 1 aliphatic heterocycles.